The molecular weight excluding hydrogens is 534 g/mol. The molecule has 1 fully saturated rings. The van der Waals surface area contributed by atoms with Gasteiger partial charge in [-0.25, -0.2) is 13.8 Å². The lowest BCUT2D eigenvalue weighted by Gasteiger charge is -2.27. The number of hydrogen-bond acceptors (Lipinski definition) is 10. The van der Waals surface area contributed by atoms with Crippen molar-refractivity contribution in [3.05, 3.63) is 53.1 Å². The first-order valence-corrected chi connectivity index (χ1v) is 13.2. The van der Waals surface area contributed by atoms with E-state index in [9.17, 15) is 23.7 Å². The molecule has 1 aliphatic rings. The van der Waals surface area contributed by atoms with Crippen LogP contribution in [0.3, 0.4) is 0 Å². The summed E-state index contributed by atoms with van der Waals surface area (Å²) in [7, 11) is -4.31. The maximum absolute atomic E-state index is 14.1. The molecule has 1 aliphatic heterocycles. The Labute approximate surface area is 217 Å². The molecule has 1 aromatic heterocycles. The average Bonchev–Trinajstić information content (AvgIpc) is 3.08. The third kappa shape index (κ3) is 6.86. The third-order valence-corrected chi connectivity index (χ3v) is 7.46. The Bertz CT molecular complexity index is 1190. The molecule has 37 heavy (non-hydrogen) atoms. The highest BCUT2D eigenvalue weighted by molar-refractivity contribution is 7.52. The van der Waals surface area contributed by atoms with E-state index in [1.165, 1.54) is 31.3 Å². The topological polar surface area (TPSA) is 164 Å². The molecular formula is C22H29ClFN4O8P. The molecule has 3 rings (SSSR count). The van der Waals surface area contributed by atoms with Gasteiger partial charge in [-0.15, -0.1) is 11.6 Å². The van der Waals surface area contributed by atoms with Crippen LogP contribution in [0.4, 0.5) is 10.2 Å². The van der Waals surface area contributed by atoms with Gasteiger partial charge in [0.05, 0.1) is 12.7 Å². The van der Waals surface area contributed by atoms with Crippen molar-refractivity contribution in [2.75, 3.05) is 19.0 Å². The van der Waals surface area contributed by atoms with Crippen molar-refractivity contribution < 1.29 is 37.4 Å². The fourth-order valence-electron chi connectivity index (χ4n) is 3.49. The van der Waals surface area contributed by atoms with Gasteiger partial charge >= 0.3 is 19.4 Å². The second-order valence-electron chi connectivity index (χ2n) is 8.61. The smallest absolute Gasteiger partial charge is 0.459 e. The normalized spacial score (nSPS) is 26.0. The molecule has 1 aromatic carbocycles. The molecule has 2 aromatic rings. The van der Waals surface area contributed by atoms with E-state index in [1.54, 1.807) is 32.0 Å². The van der Waals surface area contributed by atoms with Crippen molar-refractivity contribution in [1.82, 2.24) is 14.6 Å². The van der Waals surface area contributed by atoms with E-state index in [2.05, 4.69) is 10.1 Å². The van der Waals surface area contributed by atoms with Gasteiger partial charge in [-0.2, -0.15) is 10.1 Å². The minimum absolute atomic E-state index is 0.0738. The van der Waals surface area contributed by atoms with Crippen LogP contribution in [0.25, 0.3) is 0 Å². The van der Waals surface area contributed by atoms with Gasteiger partial charge in [0.1, 0.15) is 41.4 Å². The molecule has 4 N–H and O–H groups in total. The van der Waals surface area contributed by atoms with E-state index in [1.807, 2.05) is 0 Å². The van der Waals surface area contributed by atoms with Crippen LogP contribution in [-0.2, 0) is 23.4 Å². The maximum atomic E-state index is 14.1. The van der Waals surface area contributed by atoms with Crippen molar-refractivity contribution in [2.45, 2.75) is 56.2 Å². The predicted molar refractivity (Wildman–Crippen MR) is 132 cm³/mol. The minimum atomic E-state index is -4.31. The highest BCUT2D eigenvalue weighted by Crippen LogP contribution is 2.48. The fourth-order valence-corrected chi connectivity index (χ4v) is 5.29. The Morgan fingerprint density at radius 3 is 2.62 bits per heavy atom. The number of aliphatic hydroxyl groups is 1. The number of aliphatic hydroxyl groups excluding tert-OH is 1. The van der Waals surface area contributed by atoms with Crippen LogP contribution in [0.1, 0.15) is 27.0 Å². The van der Waals surface area contributed by atoms with E-state index in [4.69, 9.17) is 35.9 Å². The van der Waals surface area contributed by atoms with Crippen LogP contribution in [0, 0.1) is 0 Å². The monoisotopic (exact) mass is 562 g/mol. The van der Waals surface area contributed by atoms with Gasteiger partial charge < -0.3 is 24.8 Å². The number of nitrogens with two attached hydrogens (primary N) is 1. The lowest BCUT2D eigenvalue weighted by molar-refractivity contribution is -0.149. The third-order valence-electron chi connectivity index (χ3n) is 5.30. The van der Waals surface area contributed by atoms with Crippen LogP contribution < -0.4 is 21.0 Å². The van der Waals surface area contributed by atoms with Crippen LogP contribution in [0.5, 0.6) is 5.75 Å². The molecule has 2 unspecified atom stereocenters. The van der Waals surface area contributed by atoms with E-state index < -0.39 is 68.1 Å². The molecule has 0 spiro atoms. The van der Waals surface area contributed by atoms with E-state index in [0.29, 0.717) is 0 Å². The Hall–Kier alpha value is -2.54. The van der Waals surface area contributed by atoms with Gasteiger partial charge in [-0.1, -0.05) is 18.2 Å². The highest BCUT2D eigenvalue weighted by Gasteiger charge is 2.57. The number of para-hydroxylation sites is 1. The Morgan fingerprint density at radius 2 is 2.03 bits per heavy atom. The second-order valence-corrected chi connectivity index (χ2v) is 11.0. The highest BCUT2D eigenvalue weighted by atomic mass is 35.5. The van der Waals surface area contributed by atoms with Crippen LogP contribution in [-0.4, -0.2) is 63.1 Å². The number of nitrogens with zero attached hydrogens (tertiary/aromatic N) is 2. The lowest BCUT2D eigenvalue weighted by Crippen LogP contribution is -2.46. The molecule has 1 saturated heterocycles. The van der Waals surface area contributed by atoms with Gasteiger partial charge in [-0.05, 0) is 39.0 Å². The first kappa shape index (κ1) is 29.0. The second kappa shape index (κ2) is 11.9. The van der Waals surface area contributed by atoms with Gasteiger partial charge in [-0.3, -0.25) is 13.9 Å². The molecule has 0 amide bonds. The van der Waals surface area contributed by atoms with Crippen LogP contribution in [0.15, 0.2) is 47.4 Å². The minimum Gasteiger partial charge on any atom is -0.462 e. The molecule has 0 aliphatic carbocycles. The number of alkyl halides is 2. The molecule has 0 saturated carbocycles. The summed E-state index contributed by atoms with van der Waals surface area (Å²) in [6, 6.07) is 8.16. The number of anilines is 1. The lowest BCUT2D eigenvalue weighted by atomic mass is 10.00. The average molecular weight is 563 g/mol. The summed E-state index contributed by atoms with van der Waals surface area (Å²) < 4.78 is 50.4. The molecule has 2 heterocycles. The van der Waals surface area contributed by atoms with Crippen molar-refractivity contribution in [3.8, 4) is 5.75 Å². The molecule has 204 valence electrons. The quantitative estimate of drug-likeness (QED) is 0.209. The van der Waals surface area contributed by atoms with Gasteiger partial charge in [0.15, 0.2) is 6.23 Å². The standard InChI is InChI=1S/C22H29ClFN4O8P/c1-13(2)34-19(30)14(3)27-37(32,36-15-7-5-4-6-8-15)33-11-16-18(29)22(23,12-24)20(35-16)28-10-9-17(25)26-21(28)31/h4-10,13-14,16,18,20,29H,11-12H2,1-3H3,(H,27,32)(H2,25,26,31)/t14-,16+,18?,20+,22+,37?/m0/s1. The zero-order valence-electron chi connectivity index (χ0n) is 20.3. The molecule has 12 nitrogen and oxygen atoms in total. The van der Waals surface area contributed by atoms with Crippen molar-refractivity contribution in [1.29, 1.82) is 0 Å². The number of nitrogen functional groups attached to an aromatic ring is 1. The summed E-state index contributed by atoms with van der Waals surface area (Å²) in [5.41, 5.74) is 4.62. The number of carbonyl (C=O) groups excluding carboxylic acids is 1. The van der Waals surface area contributed by atoms with E-state index in [-0.39, 0.29) is 11.6 Å². The number of ether oxygens (including phenoxy) is 2. The summed E-state index contributed by atoms with van der Waals surface area (Å²) in [5.74, 6) is -0.626. The fraction of sp³-hybridized carbons (Fsp3) is 0.500. The number of esters is 1. The molecule has 6 atom stereocenters. The molecule has 0 bridgehead atoms. The number of benzene rings is 1. The van der Waals surface area contributed by atoms with Gasteiger partial charge in [0.2, 0.25) is 0 Å². The number of aromatic nitrogens is 2. The largest absolute Gasteiger partial charge is 0.462 e. The summed E-state index contributed by atoms with van der Waals surface area (Å²) in [5, 5.41) is 13.3. The van der Waals surface area contributed by atoms with Gasteiger partial charge in [0.25, 0.3) is 0 Å². The number of nitrogens with one attached hydrogen (secondary N) is 1. The molecule has 15 heteroatoms. The SMILES string of the molecule is CC(C)OC(=O)[C@H](C)NP(=O)(OC[C@H]1O[C@@H](n2ccc(N)nc2=O)[C@@](Cl)(CF)C1O)Oc1ccccc1. The Kier molecular flexibility index (Phi) is 9.32. The number of carbonyl (C=O) groups is 1. The maximum Gasteiger partial charge on any atom is 0.459 e. The number of halogens is 2. The Balaban J connectivity index is 1.82. The summed E-state index contributed by atoms with van der Waals surface area (Å²) in [4.78, 5) is 26.1. The zero-order chi connectivity index (χ0) is 27.4. The first-order chi connectivity index (χ1) is 17.4. The van der Waals surface area contributed by atoms with E-state index in [0.717, 1.165) is 4.57 Å². The van der Waals surface area contributed by atoms with E-state index >= 15 is 0 Å². The predicted octanol–water partition coefficient (Wildman–Crippen LogP) is 2.16. The first-order valence-electron chi connectivity index (χ1n) is 11.3. The van der Waals surface area contributed by atoms with Crippen molar-refractivity contribution in [3.63, 3.8) is 0 Å². The molecule has 0 radical (unpaired) electrons. The van der Waals surface area contributed by atoms with Crippen molar-refractivity contribution >= 4 is 31.1 Å². The number of hydrogen-bond donors (Lipinski definition) is 3. The summed E-state index contributed by atoms with van der Waals surface area (Å²) in [6.45, 7) is 2.80. The summed E-state index contributed by atoms with van der Waals surface area (Å²) in [6.07, 6.45) is -3.77. The summed E-state index contributed by atoms with van der Waals surface area (Å²) >= 11 is 6.37. The zero-order valence-corrected chi connectivity index (χ0v) is 22.0. The Morgan fingerprint density at radius 1 is 1.35 bits per heavy atom. The van der Waals surface area contributed by atoms with Crippen LogP contribution >= 0.6 is 19.3 Å². The van der Waals surface area contributed by atoms with Gasteiger partial charge in [0, 0.05) is 6.20 Å². The number of rotatable bonds is 11. The van der Waals surface area contributed by atoms with Crippen LogP contribution in [0.2, 0.25) is 0 Å². The van der Waals surface area contributed by atoms with Crippen molar-refractivity contribution in [2.24, 2.45) is 0 Å².